The molecule has 11 nitrogen and oxygen atoms in total. The number of ketones is 1. The highest BCUT2D eigenvalue weighted by Gasteiger charge is 2.80. The molecule has 5 aliphatic carbocycles. The number of aliphatic hydroxyl groups is 3. The zero-order chi connectivity index (χ0) is 31.3. The smallest absolute Gasteiger partial charge is 0.343 e. The summed E-state index contributed by atoms with van der Waals surface area (Å²) in [7, 11) is 0. The molecule has 4 saturated carbocycles. The number of carbonyl (C=O) groups is 4. The lowest BCUT2D eigenvalue weighted by Crippen LogP contribution is -2.70. The van der Waals surface area contributed by atoms with Crippen molar-refractivity contribution in [1.29, 1.82) is 0 Å². The Morgan fingerprint density at radius 3 is 2.23 bits per heavy atom. The van der Waals surface area contributed by atoms with Crippen molar-refractivity contribution >= 4 is 23.7 Å². The van der Waals surface area contributed by atoms with E-state index in [1.165, 1.54) is 20.8 Å². The lowest BCUT2D eigenvalue weighted by atomic mass is 9.42. The Hall–Kier alpha value is -2.34. The third-order valence-corrected chi connectivity index (χ3v) is 13.5. The number of allylic oxidation sites excluding steroid dienone is 1. The van der Waals surface area contributed by atoms with Crippen molar-refractivity contribution in [3.8, 4) is 0 Å². The molecule has 43 heavy (non-hydrogen) atoms. The largest absolute Gasteiger partial charge is 0.462 e. The van der Waals surface area contributed by atoms with Gasteiger partial charge in [0, 0.05) is 48.3 Å². The van der Waals surface area contributed by atoms with E-state index in [9.17, 15) is 34.5 Å². The number of rotatable bonds is 2. The van der Waals surface area contributed by atoms with E-state index in [2.05, 4.69) is 0 Å². The summed E-state index contributed by atoms with van der Waals surface area (Å²) in [5, 5.41) is 36.0. The average molecular weight is 603 g/mol. The number of carbonyl (C=O) groups excluding carboxylic acids is 4. The number of hydrogen-bond acceptors (Lipinski definition) is 11. The second kappa shape index (κ2) is 8.68. The van der Waals surface area contributed by atoms with Crippen LogP contribution in [-0.2, 0) is 38.1 Å². The maximum absolute atomic E-state index is 14.1. The maximum Gasteiger partial charge on any atom is 0.343 e. The van der Waals surface area contributed by atoms with Crippen LogP contribution in [0.3, 0.4) is 0 Å². The topological polar surface area (TPSA) is 169 Å². The molecule has 0 amide bonds. The van der Waals surface area contributed by atoms with E-state index in [0.717, 1.165) is 0 Å². The lowest BCUT2D eigenvalue weighted by molar-refractivity contribution is -0.233. The van der Waals surface area contributed by atoms with E-state index in [1.807, 2.05) is 26.8 Å². The monoisotopic (exact) mass is 602 g/mol. The molecule has 3 N–H and O–H groups in total. The highest BCUT2D eigenvalue weighted by Crippen LogP contribution is 2.75. The van der Waals surface area contributed by atoms with E-state index in [4.69, 9.17) is 18.9 Å². The van der Waals surface area contributed by atoms with E-state index in [1.54, 1.807) is 6.92 Å². The van der Waals surface area contributed by atoms with Crippen LogP contribution in [0, 0.1) is 57.7 Å². The van der Waals surface area contributed by atoms with Crippen LogP contribution in [0.1, 0.15) is 61.3 Å². The highest BCUT2D eigenvalue weighted by molar-refractivity contribution is 5.88. The van der Waals surface area contributed by atoms with Crippen LogP contribution >= 0.6 is 0 Å². The summed E-state index contributed by atoms with van der Waals surface area (Å²) >= 11 is 0. The molecule has 11 heteroatoms. The first-order valence-electron chi connectivity index (χ1n) is 15.5. The van der Waals surface area contributed by atoms with Crippen LogP contribution in [0.4, 0.5) is 0 Å². The fourth-order valence-electron chi connectivity index (χ4n) is 11.5. The molecular weight excluding hydrogens is 560 g/mol. The number of ether oxygens (including phenoxy) is 4. The molecule has 0 aromatic heterocycles. The summed E-state index contributed by atoms with van der Waals surface area (Å²) in [6.07, 6.45) is -2.28. The number of epoxide rings is 1. The van der Waals surface area contributed by atoms with Crippen LogP contribution in [-0.4, -0.2) is 81.2 Å². The molecule has 0 radical (unpaired) electrons. The van der Waals surface area contributed by atoms with Gasteiger partial charge in [0.15, 0.2) is 11.4 Å². The van der Waals surface area contributed by atoms with Crippen molar-refractivity contribution < 1.29 is 53.4 Å². The Kier molecular flexibility index (Phi) is 5.93. The summed E-state index contributed by atoms with van der Waals surface area (Å²) in [5.74, 6) is -5.98. The van der Waals surface area contributed by atoms with Gasteiger partial charge in [-0.05, 0) is 50.5 Å². The minimum Gasteiger partial charge on any atom is -0.462 e. The van der Waals surface area contributed by atoms with Crippen LogP contribution in [0.25, 0.3) is 0 Å². The molecule has 2 heterocycles. The lowest BCUT2D eigenvalue weighted by Gasteiger charge is -2.63. The predicted molar refractivity (Wildman–Crippen MR) is 145 cm³/mol. The first-order chi connectivity index (χ1) is 19.9. The molecule has 0 aromatic carbocycles. The van der Waals surface area contributed by atoms with Gasteiger partial charge in [0.2, 0.25) is 0 Å². The molecule has 0 spiro atoms. The van der Waals surface area contributed by atoms with Gasteiger partial charge in [-0.3, -0.25) is 14.4 Å². The van der Waals surface area contributed by atoms with Gasteiger partial charge in [-0.15, -0.1) is 0 Å². The molecule has 0 bridgehead atoms. The molecule has 0 aromatic rings. The van der Waals surface area contributed by atoms with E-state index in [0.29, 0.717) is 12.2 Å². The normalized spacial score (nSPS) is 57.5. The van der Waals surface area contributed by atoms with Gasteiger partial charge in [0.05, 0.1) is 17.6 Å². The van der Waals surface area contributed by atoms with E-state index < -0.39 is 99.7 Å². The average Bonchev–Trinajstić information content (AvgIpc) is 3.60. The summed E-state index contributed by atoms with van der Waals surface area (Å²) in [4.78, 5) is 52.1. The fraction of sp³-hybridized carbons (Fsp3) is 0.812. The van der Waals surface area contributed by atoms with Gasteiger partial charge in [-0.2, -0.15) is 0 Å². The van der Waals surface area contributed by atoms with Crippen LogP contribution in [0.2, 0.25) is 0 Å². The molecule has 7 rings (SSSR count). The number of hydrogen-bond donors (Lipinski definition) is 3. The fourth-order valence-corrected chi connectivity index (χ4v) is 11.5. The SMILES string of the molecule is CC(=O)O[C@H]1CC2C(C(O)C(=O)C3C[C@@H]4O[C@@H]4[C@H](OC(C)=O)[C@@]32C)C2C(O)C3C(C(C)C=C4OC(=O)[C@@](C)(O)[C@@]43C)[C@]21C. The zero-order valence-electron chi connectivity index (χ0n) is 25.6. The quantitative estimate of drug-likeness (QED) is 0.237. The van der Waals surface area contributed by atoms with E-state index >= 15 is 0 Å². The number of esters is 3. The van der Waals surface area contributed by atoms with Crippen molar-refractivity contribution in [3.63, 3.8) is 0 Å². The molecule has 9 unspecified atom stereocenters. The van der Waals surface area contributed by atoms with Crippen molar-refractivity contribution in [2.75, 3.05) is 0 Å². The Labute approximate surface area is 250 Å². The highest BCUT2D eigenvalue weighted by atomic mass is 16.6. The Morgan fingerprint density at radius 1 is 0.953 bits per heavy atom. The first-order valence-corrected chi connectivity index (χ1v) is 15.5. The van der Waals surface area contributed by atoms with Gasteiger partial charge in [0.1, 0.15) is 30.2 Å². The third kappa shape index (κ3) is 3.29. The van der Waals surface area contributed by atoms with Crippen molar-refractivity contribution in [2.45, 2.75) is 104 Å². The zero-order valence-corrected chi connectivity index (χ0v) is 25.6. The summed E-state index contributed by atoms with van der Waals surface area (Å²) in [6.45, 7) is 11.6. The van der Waals surface area contributed by atoms with Gasteiger partial charge in [-0.25, -0.2) is 4.79 Å². The predicted octanol–water partition coefficient (Wildman–Crippen LogP) is 1.30. The first kappa shape index (κ1) is 29.4. The maximum atomic E-state index is 14.1. The molecule has 2 aliphatic heterocycles. The van der Waals surface area contributed by atoms with Crippen LogP contribution in [0.15, 0.2) is 11.8 Å². The third-order valence-electron chi connectivity index (χ3n) is 13.5. The second-order valence-corrected chi connectivity index (χ2v) is 15.2. The van der Waals surface area contributed by atoms with Gasteiger partial charge >= 0.3 is 17.9 Å². The van der Waals surface area contributed by atoms with Crippen molar-refractivity contribution in [2.24, 2.45) is 57.7 Å². The van der Waals surface area contributed by atoms with Crippen molar-refractivity contribution in [3.05, 3.63) is 11.8 Å². The van der Waals surface area contributed by atoms with Crippen LogP contribution < -0.4 is 0 Å². The molecular formula is C32H42O11. The summed E-state index contributed by atoms with van der Waals surface area (Å²) in [6, 6.07) is 0. The van der Waals surface area contributed by atoms with E-state index in [-0.39, 0.29) is 30.3 Å². The Bertz CT molecular complexity index is 1350. The van der Waals surface area contributed by atoms with Gasteiger partial charge < -0.3 is 34.3 Å². The molecule has 236 valence electrons. The van der Waals surface area contributed by atoms with Gasteiger partial charge in [-0.1, -0.05) is 20.8 Å². The number of aliphatic hydroxyl groups excluding tert-OH is 2. The Balaban J connectivity index is 1.42. The molecule has 7 aliphatic rings. The number of Topliss-reactive ketones (excluding diaryl/α,β-unsaturated/α-hetero) is 1. The minimum absolute atomic E-state index is 0.249. The van der Waals surface area contributed by atoms with Crippen LogP contribution in [0.5, 0.6) is 0 Å². The van der Waals surface area contributed by atoms with Crippen molar-refractivity contribution in [1.82, 2.24) is 0 Å². The molecule has 2 saturated heterocycles. The molecule has 6 fully saturated rings. The Morgan fingerprint density at radius 2 is 1.60 bits per heavy atom. The molecule has 17 atom stereocenters. The number of fused-ring (bicyclic) bond motifs is 10. The van der Waals surface area contributed by atoms with Gasteiger partial charge in [0.25, 0.3) is 0 Å². The summed E-state index contributed by atoms with van der Waals surface area (Å²) < 4.78 is 23.5. The summed E-state index contributed by atoms with van der Waals surface area (Å²) in [5.41, 5.74) is -5.19. The second-order valence-electron chi connectivity index (χ2n) is 15.2. The standard InChI is InChI=1S/C32H42O11/c1-11-8-18-31(6,32(7,39)28(38)43-18)22-20(11)30(5)17(40-12(2)33)10-14-19(21(30)25(22)37)24(36)23(35)15-9-16-26(42-16)27(29(14,15)4)41-13(3)34/h8,11,14-17,19-22,24-27,36-37,39H,9-10H2,1-7H3/t11?,14?,15?,16-,17-,19?,20?,21?,22?,24?,25?,26-,27-,29+,30+,31-,32+/m0/s1. The minimum atomic E-state index is -1.96.